The molecular weight excluding hydrogens is 336 g/mol. The Morgan fingerprint density at radius 3 is 2.62 bits per heavy atom. The number of rotatable bonds is 8. The summed E-state index contributed by atoms with van der Waals surface area (Å²) in [7, 11) is 0. The van der Waals surface area contributed by atoms with E-state index in [9.17, 15) is 14.4 Å². The van der Waals surface area contributed by atoms with Crippen LogP contribution in [0.3, 0.4) is 0 Å². The Kier molecular flexibility index (Phi) is 6.90. The average Bonchev–Trinajstić information content (AvgIpc) is 2.61. The Hall–Kier alpha value is -3.16. The summed E-state index contributed by atoms with van der Waals surface area (Å²) >= 11 is 0. The number of aryl methyl sites for hydroxylation is 2. The second-order valence-corrected chi connectivity index (χ2v) is 5.73. The molecule has 2 aromatic rings. The fourth-order valence-corrected chi connectivity index (χ4v) is 2.22. The van der Waals surface area contributed by atoms with Crippen molar-refractivity contribution < 1.29 is 9.53 Å². The van der Waals surface area contributed by atoms with E-state index < -0.39 is 11.2 Å². The first-order chi connectivity index (χ1) is 12.5. The second-order valence-electron chi connectivity index (χ2n) is 5.73. The molecule has 1 amide bonds. The van der Waals surface area contributed by atoms with Crippen LogP contribution >= 0.6 is 0 Å². The molecule has 0 aliphatic carbocycles. The molecule has 8 heteroatoms. The molecule has 3 N–H and O–H groups in total. The number of nitrogens with zero attached hydrogens (tertiary/aromatic N) is 1. The van der Waals surface area contributed by atoms with Gasteiger partial charge in [-0.3, -0.25) is 14.6 Å². The van der Waals surface area contributed by atoms with Crippen LogP contribution in [-0.2, 0) is 11.2 Å². The van der Waals surface area contributed by atoms with Crippen molar-refractivity contribution in [1.82, 2.24) is 15.4 Å². The number of carbonyl (C=O) groups excluding carboxylic acids is 1. The van der Waals surface area contributed by atoms with Crippen LogP contribution in [0.15, 0.2) is 39.0 Å². The van der Waals surface area contributed by atoms with Gasteiger partial charge in [0.1, 0.15) is 5.75 Å². The van der Waals surface area contributed by atoms with E-state index in [4.69, 9.17) is 4.74 Å². The zero-order valence-corrected chi connectivity index (χ0v) is 14.8. The van der Waals surface area contributed by atoms with E-state index in [-0.39, 0.29) is 17.9 Å². The van der Waals surface area contributed by atoms with E-state index >= 15 is 0 Å². The SMILES string of the molecule is CCCOc1ccc(CCC(=O)N/N=C/c2c(C)[nH]c(=O)[nH]c2=O)cc1. The molecule has 26 heavy (non-hydrogen) atoms. The molecule has 138 valence electrons. The van der Waals surface area contributed by atoms with Crippen molar-refractivity contribution in [2.75, 3.05) is 6.61 Å². The standard InChI is InChI=1S/C18H22N4O4/c1-3-10-26-14-7-4-13(5-8-14)6-9-16(23)22-19-11-15-12(2)20-18(25)21-17(15)24/h4-5,7-8,11H,3,6,9-10H2,1-2H3,(H,22,23)(H2,20,21,24,25)/b19-11+. The van der Waals surface area contributed by atoms with E-state index in [0.29, 0.717) is 18.7 Å². The van der Waals surface area contributed by atoms with E-state index in [2.05, 4.69) is 20.5 Å². The molecule has 0 unspecified atom stereocenters. The van der Waals surface area contributed by atoms with E-state index in [1.54, 1.807) is 6.92 Å². The van der Waals surface area contributed by atoms with Gasteiger partial charge in [0, 0.05) is 12.1 Å². The summed E-state index contributed by atoms with van der Waals surface area (Å²) < 4.78 is 5.51. The lowest BCUT2D eigenvalue weighted by Crippen LogP contribution is -2.27. The summed E-state index contributed by atoms with van der Waals surface area (Å²) in [6.45, 7) is 4.30. The summed E-state index contributed by atoms with van der Waals surface area (Å²) in [5.74, 6) is 0.539. The smallest absolute Gasteiger partial charge is 0.325 e. The molecule has 1 heterocycles. The molecule has 0 aliphatic heterocycles. The van der Waals surface area contributed by atoms with Crippen LogP contribution in [0.25, 0.3) is 0 Å². The predicted molar refractivity (Wildman–Crippen MR) is 98.7 cm³/mol. The highest BCUT2D eigenvalue weighted by molar-refractivity contribution is 5.82. The number of carbonyl (C=O) groups is 1. The molecule has 0 saturated carbocycles. The first kappa shape index (κ1) is 19.2. The van der Waals surface area contributed by atoms with Crippen LogP contribution < -0.4 is 21.4 Å². The number of hydrogen-bond acceptors (Lipinski definition) is 5. The molecule has 8 nitrogen and oxygen atoms in total. The number of aromatic amines is 2. The number of amides is 1. The van der Waals surface area contributed by atoms with Crippen molar-refractivity contribution in [3.8, 4) is 5.75 Å². The first-order valence-corrected chi connectivity index (χ1v) is 8.36. The molecule has 0 bridgehead atoms. The van der Waals surface area contributed by atoms with Gasteiger partial charge < -0.3 is 9.72 Å². The maximum atomic E-state index is 11.8. The van der Waals surface area contributed by atoms with E-state index in [1.807, 2.05) is 31.2 Å². The Labute approximate surface area is 150 Å². The molecule has 0 atom stereocenters. The molecule has 0 aliphatic rings. The number of benzene rings is 1. The van der Waals surface area contributed by atoms with Crippen molar-refractivity contribution in [1.29, 1.82) is 0 Å². The van der Waals surface area contributed by atoms with Gasteiger partial charge in [0.2, 0.25) is 5.91 Å². The van der Waals surface area contributed by atoms with Crippen molar-refractivity contribution in [3.63, 3.8) is 0 Å². The number of H-pyrrole nitrogens is 2. The quantitative estimate of drug-likeness (QED) is 0.486. The van der Waals surface area contributed by atoms with E-state index in [0.717, 1.165) is 17.7 Å². The number of hydrazone groups is 1. The summed E-state index contributed by atoms with van der Waals surface area (Å²) in [6.07, 6.45) is 2.98. The van der Waals surface area contributed by atoms with Crippen LogP contribution in [-0.4, -0.2) is 28.7 Å². The molecule has 0 saturated heterocycles. The lowest BCUT2D eigenvalue weighted by atomic mass is 10.1. The molecule has 0 radical (unpaired) electrons. The van der Waals surface area contributed by atoms with Gasteiger partial charge in [-0.1, -0.05) is 19.1 Å². The predicted octanol–water partition coefficient (Wildman–Crippen LogP) is 1.24. The Balaban J connectivity index is 1.84. The fraction of sp³-hybridized carbons (Fsp3) is 0.333. The van der Waals surface area contributed by atoms with Crippen LogP contribution in [0.2, 0.25) is 0 Å². The number of hydrogen-bond donors (Lipinski definition) is 3. The third kappa shape index (κ3) is 5.73. The van der Waals surface area contributed by atoms with Crippen molar-refractivity contribution in [2.24, 2.45) is 5.10 Å². The normalized spacial score (nSPS) is 10.8. The lowest BCUT2D eigenvalue weighted by molar-refractivity contribution is -0.121. The fourth-order valence-electron chi connectivity index (χ4n) is 2.22. The molecule has 1 aromatic carbocycles. The van der Waals surface area contributed by atoms with Crippen LogP contribution in [0.1, 0.15) is 36.6 Å². The minimum Gasteiger partial charge on any atom is -0.494 e. The highest BCUT2D eigenvalue weighted by Crippen LogP contribution is 2.13. The highest BCUT2D eigenvalue weighted by atomic mass is 16.5. The molecular formula is C18H22N4O4. The van der Waals surface area contributed by atoms with Gasteiger partial charge in [-0.05, 0) is 37.5 Å². The molecule has 2 rings (SSSR count). The zero-order valence-electron chi connectivity index (χ0n) is 14.8. The summed E-state index contributed by atoms with van der Waals surface area (Å²) in [6, 6.07) is 7.61. The number of nitrogens with one attached hydrogen (secondary N) is 3. The van der Waals surface area contributed by atoms with Gasteiger partial charge in [0.25, 0.3) is 5.56 Å². The molecule has 0 fully saturated rings. The third-order valence-corrected chi connectivity index (χ3v) is 3.60. The van der Waals surface area contributed by atoms with Crippen LogP contribution in [0, 0.1) is 6.92 Å². The topological polar surface area (TPSA) is 116 Å². The highest BCUT2D eigenvalue weighted by Gasteiger charge is 2.04. The van der Waals surface area contributed by atoms with Crippen molar-refractivity contribution >= 4 is 12.1 Å². The van der Waals surface area contributed by atoms with Gasteiger partial charge in [-0.15, -0.1) is 0 Å². The number of ether oxygens (including phenoxy) is 1. The maximum Gasteiger partial charge on any atom is 0.325 e. The van der Waals surface area contributed by atoms with Gasteiger partial charge in [-0.2, -0.15) is 5.10 Å². The van der Waals surface area contributed by atoms with Gasteiger partial charge >= 0.3 is 5.69 Å². The van der Waals surface area contributed by atoms with Gasteiger partial charge in [0.05, 0.1) is 18.4 Å². The summed E-state index contributed by atoms with van der Waals surface area (Å²) in [4.78, 5) is 39.2. The third-order valence-electron chi connectivity index (χ3n) is 3.60. The average molecular weight is 358 g/mol. The van der Waals surface area contributed by atoms with Gasteiger partial charge in [-0.25, -0.2) is 10.2 Å². The monoisotopic (exact) mass is 358 g/mol. The largest absolute Gasteiger partial charge is 0.494 e. The van der Waals surface area contributed by atoms with Crippen LogP contribution in [0.4, 0.5) is 0 Å². The van der Waals surface area contributed by atoms with Gasteiger partial charge in [0.15, 0.2) is 0 Å². The summed E-state index contributed by atoms with van der Waals surface area (Å²) in [5.41, 5.74) is 2.81. The Morgan fingerprint density at radius 1 is 1.23 bits per heavy atom. The Morgan fingerprint density at radius 2 is 1.96 bits per heavy atom. The number of aromatic nitrogens is 2. The minimum atomic E-state index is -0.584. The zero-order chi connectivity index (χ0) is 18.9. The van der Waals surface area contributed by atoms with Crippen molar-refractivity contribution in [2.45, 2.75) is 33.1 Å². The first-order valence-electron chi connectivity index (χ1n) is 8.36. The van der Waals surface area contributed by atoms with Crippen LogP contribution in [0.5, 0.6) is 5.75 Å². The molecule has 1 aromatic heterocycles. The van der Waals surface area contributed by atoms with E-state index in [1.165, 1.54) is 6.21 Å². The Bertz CT molecular complexity index is 881. The van der Waals surface area contributed by atoms with Crippen molar-refractivity contribution in [3.05, 3.63) is 61.9 Å². The molecule has 0 spiro atoms. The maximum absolute atomic E-state index is 11.8. The summed E-state index contributed by atoms with van der Waals surface area (Å²) in [5, 5.41) is 3.77. The lowest BCUT2D eigenvalue weighted by Gasteiger charge is -2.05. The second kappa shape index (κ2) is 9.36. The minimum absolute atomic E-state index is 0.188.